The zero-order chi connectivity index (χ0) is 10.3. The van der Waals surface area contributed by atoms with Gasteiger partial charge in [0.05, 0.1) is 16.6 Å². The van der Waals surface area contributed by atoms with Crippen molar-refractivity contribution in [2.24, 2.45) is 0 Å². The van der Waals surface area contributed by atoms with Crippen molar-refractivity contribution in [1.82, 2.24) is 25.1 Å². The molecule has 74 valence electrons. The van der Waals surface area contributed by atoms with E-state index in [0.29, 0.717) is 16.9 Å². The summed E-state index contributed by atoms with van der Waals surface area (Å²) in [7, 11) is 0. The first kappa shape index (κ1) is 8.30. The Morgan fingerprint density at radius 1 is 1.33 bits per heavy atom. The number of hydrogen-bond donors (Lipinski definition) is 2. The van der Waals surface area contributed by atoms with Crippen LogP contribution < -0.4 is 5.56 Å². The van der Waals surface area contributed by atoms with Crippen molar-refractivity contribution in [2.45, 2.75) is 0 Å². The Labute approximate surface area is 87.0 Å². The Bertz CT molecular complexity index is 653. The normalized spacial score (nSPS) is 10.9. The first-order chi connectivity index (χ1) is 7.34. The van der Waals surface area contributed by atoms with Crippen LogP contribution in [0.1, 0.15) is 0 Å². The van der Waals surface area contributed by atoms with E-state index < -0.39 is 0 Å². The van der Waals surface area contributed by atoms with Crippen molar-refractivity contribution in [3.63, 3.8) is 0 Å². The van der Waals surface area contributed by atoms with Crippen LogP contribution in [-0.4, -0.2) is 25.1 Å². The summed E-state index contributed by atoms with van der Waals surface area (Å²) < 4.78 is 0. The van der Waals surface area contributed by atoms with Crippen molar-refractivity contribution < 1.29 is 0 Å². The van der Waals surface area contributed by atoms with E-state index in [1.807, 2.05) is 0 Å². The fourth-order valence-corrected chi connectivity index (χ4v) is 1.86. The molecule has 0 aliphatic carbocycles. The highest BCUT2D eigenvalue weighted by Crippen LogP contribution is 2.18. The zero-order valence-corrected chi connectivity index (χ0v) is 8.21. The molecular weight excluding hydrogens is 214 g/mol. The fraction of sp³-hybridized carbons (Fsp3) is 0. The van der Waals surface area contributed by atoms with Crippen LogP contribution in [0, 0.1) is 0 Å². The quantitative estimate of drug-likeness (QED) is 0.632. The first-order valence-electron chi connectivity index (χ1n) is 4.17. The van der Waals surface area contributed by atoms with E-state index in [1.165, 1.54) is 17.5 Å². The van der Waals surface area contributed by atoms with Gasteiger partial charge in [0.25, 0.3) is 5.56 Å². The van der Waals surface area contributed by atoms with E-state index in [4.69, 9.17) is 0 Å². The van der Waals surface area contributed by atoms with E-state index in [-0.39, 0.29) is 5.56 Å². The van der Waals surface area contributed by atoms with E-state index >= 15 is 0 Å². The summed E-state index contributed by atoms with van der Waals surface area (Å²) in [6.45, 7) is 0. The number of fused-ring (bicyclic) bond motifs is 1. The number of rotatable bonds is 1. The summed E-state index contributed by atoms with van der Waals surface area (Å²) in [6, 6.07) is 0. The van der Waals surface area contributed by atoms with Crippen LogP contribution in [0.15, 0.2) is 22.7 Å². The third-order valence-electron chi connectivity index (χ3n) is 1.99. The van der Waals surface area contributed by atoms with Gasteiger partial charge in [-0.1, -0.05) is 0 Å². The molecule has 0 unspecified atom stereocenters. The molecule has 0 aliphatic heterocycles. The predicted molar refractivity (Wildman–Crippen MR) is 55.6 cm³/mol. The number of aromatic amines is 2. The van der Waals surface area contributed by atoms with E-state index in [0.717, 1.165) is 4.88 Å². The summed E-state index contributed by atoms with van der Waals surface area (Å²) in [6.07, 6.45) is 3.11. The van der Waals surface area contributed by atoms with Crippen LogP contribution in [-0.2, 0) is 0 Å². The van der Waals surface area contributed by atoms with Gasteiger partial charge in [0.1, 0.15) is 5.39 Å². The number of H-pyrrole nitrogens is 2. The maximum Gasteiger partial charge on any atom is 0.262 e. The van der Waals surface area contributed by atoms with Gasteiger partial charge in [-0.25, -0.2) is 4.98 Å². The Morgan fingerprint density at radius 3 is 3.07 bits per heavy atom. The molecule has 2 N–H and O–H groups in total. The molecule has 0 spiro atoms. The molecule has 0 aliphatic rings. The number of hydrogen-bond acceptors (Lipinski definition) is 5. The highest BCUT2D eigenvalue weighted by Gasteiger charge is 2.07. The van der Waals surface area contributed by atoms with Crippen molar-refractivity contribution >= 4 is 22.4 Å². The van der Waals surface area contributed by atoms with Crippen molar-refractivity contribution in [3.8, 4) is 10.7 Å². The predicted octanol–water partition coefficient (Wildman–Crippen LogP) is 0.770. The number of nitrogens with one attached hydrogen (secondary N) is 2. The monoisotopic (exact) mass is 219 g/mol. The molecule has 0 atom stereocenters. The minimum absolute atomic E-state index is 0.197. The van der Waals surface area contributed by atoms with Gasteiger partial charge in [-0.3, -0.25) is 14.9 Å². The van der Waals surface area contributed by atoms with Gasteiger partial charge in [0.15, 0.2) is 11.5 Å². The molecule has 0 amide bonds. The number of thiazole rings is 1. The Hall–Kier alpha value is -2.02. The molecule has 7 heteroatoms. The van der Waals surface area contributed by atoms with Crippen LogP contribution in [0.5, 0.6) is 0 Å². The van der Waals surface area contributed by atoms with Crippen molar-refractivity contribution in [3.05, 3.63) is 28.3 Å². The lowest BCUT2D eigenvalue weighted by atomic mass is 10.4. The Balaban J connectivity index is 2.34. The van der Waals surface area contributed by atoms with Crippen LogP contribution in [0.4, 0.5) is 0 Å². The van der Waals surface area contributed by atoms with E-state index in [1.54, 1.807) is 11.7 Å². The molecule has 0 radical (unpaired) electrons. The van der Waals surface area contributed by atoms with Gasteiger partial charge in [-0.05, 0) is 0 Å². The minimum atomic E-state index is -0.197. The Morgan fingerprint density at radius 2 is 2.27 bits per heavy atom. The largest absolute Gasteiger partial charge is 0.305 e. The van der Waals surface area contributed by atoms with Crippen molar-refractivity contribution in [2.75, 3.05) is 0 Å². The molecule has 0 aromatic carbocycles. The van der Waals surface area contributed by atoms with Crippen LogP contribution in [0.3, 0.4) is 0 Å². The highest BCUT2D eigenvalue weighted by atomic mass is 32.1. The summed E-state index contributed by atoms with van der Waals surface area (Å²) in [5, 5.41) is 6.89. The molecule has 3 aromatic rings. The number of aromatic nitrogens is 5. The maximum atomic E-state index is 11.6. The molecule has 0 saturated carbocycles. The first-order valence-corrected chi connectivity index (χ1v) is 5.05. The van der Waals surface area contributed by atoms with Gasteiger partial charge in [-0.2, -0.15) is 5.10 Å². The van der Waals surface area contributed by atoms with E-state index in [2.05, 4.69) is 25.1 Å². The van der Waals surface area contributed by atoms with Gasteiger partial charge >= 0.3 is 0 Å². The lowest BCUT2D eigenvalue weighted by molar-refractivity contribution is 1.09. The lowest BCUT2D eigenvalue weighted by Gasteiger charge is -1.94. The molecule has 3 aromatic heterocycles. The zero-order valence-electron chi connectivity index (χ0n) is 7.39. The topological polar surface area (TPSA) is 87.3 Å². The molecule has 0 saturated heterocycles. The van der Waals surface area contributed by atoms with Gasteiger partial charge in [0, 0.05) is 6.20 Å². The average Bonchev–Trinajstić information content (AvgIpc) is 2.88. The highest BCUT2D eigenvalue weighted by molar-refractivity contribution is 7.13. The van der Waals surface area contributed by atoms with Crippen LogP contribution in [0.25, 0.3) is 21.7 Å². The smallest absolute Gasteiger partial charge is 0.262 e. The third kappa shape index (κ3) is 1.24. The van der Waals surface area contributed by atoms with Gasteiger partial charge in [0.2, 0.25) is 0 Å². The van der Waals surface area contributed by atoms with E-state index in [9.17, 15) is 4.79 Å². The molecule has 3 heterocycles. The Kier molecular flexibility index (Phi) is 1.65. The molecule has 15 heavy (non-hydrogen) atoms. The second-order valence-electron chi connectivity index (χ2n) is 2.91. The number of nitrogens with zero attached hydrogens (tertiary/aromatic N) is 3. The average molecular weight is 219 g/mol. The second kappa shape index (κ2) is 2.99. The summed E-state index contributed by atoms with van der Waals surface area (Å²) in [5.74, 6) is 0.513. The molecule has 6 nitrogen and oxygen atoms in total. The standard InChI is InChI=1S/C8H5N5OS/c14-8-4-1-10-13-6(4)11-7(12-8)5-2-9-3-15-5/h1-3H,(H2,10,11,12,13,14). The SMILES string of the molecule is O=c1[nH]c(-c2cncs2)nc2[nH]ncc12. The minimum Gasteiger partial charge on any atom is -0.305 e. The molecular formula is C8H5N5OS. The van der Waals surface area contributed by atoms with Crippen molar-refractivity contribution in [1.29, 1.82) is 0 Å². The second-order valence-corrected chi connectivity index (χ2v) is 3.80. The fourth-order valence-electron chi connectivity index (χ4n) is 1.29. The van der Waals surface area contributed by atoms with Crippen LogP contribution >= 0.6 is 11.3 Å². The molecule has 0 bridgehead atoms. The van der Waals surface area contributed by atoms with Crippen LogP contribution in [0.2, 0.25) is 0 Å². The molecule has 0 fully saturated rings. The van der Waals surface area contributed by atoms with Gasteiger partial charge in [-0.15, -0.1) is 11.3 Å². The van der Waals surface area contributed by atoms with Gasteiger partial charge < -0.3 is 4.98 Å². The summed E-state index contributed by atoms with van der Waals surface area (Å²) in [5.41, 5.74) is 1.98. The third-order valence-corrected chi connectivity index (χ3v) is 2.76. The summed E-state index contributed by atoms with van der Waals surface area (Å²) in [4.78, 5) is 23.3. The maximum absolute atomic E-state index is 11.6. The lowest BCUT2D eigenvalue weighted by Crippen LogP contribution is -2.07. The molecule has 3 rings (SSSR count). The summed E-state index contributed by atoms with van der Waals surface area (Å²) >= 11 is 1.42.